The Kier molecular flexibility index (Phi) is 6.77. The van der Waals surface area contributed by atoms with Crippen molar-refractivity contribution in [2.24, 2.45) is 5.92 Å². The Bertz CT molecular complexity index is 574. The van der Waals surface area contributed by atoms with Crippen molar-refractivity contribution in [2.45, 2.75) is 50.9 Å². The first-order valence-electron chi connectivity index (χ1n) is 8.98. The highest BCUT2D eigenvalue weighted by molar-refractivity contribution is 5.85. The van der Waals surface area contributed by atoms with Gasteiger partial charge in [0.25, 0.3) is 0 Å². The molecule has 0 amide bonds. The van der Waals surface area contributed by atoms with Crippen molar-refractivity contribution < 1.29 is 14.2 Å². The quantitative estimate of drug-likeness (QED) is 0.741. The van der Waals surface area contributed by atoms with Gasteiger partial charge in [0, 0.05) is 26.8 Å². The zero-order chi connectivity index (χ0) is 17.3. The van der Waals surface area contributed by atoms with Gasteiger partial charge in [-0.05, 0) is 60.4 Å². The SMILES string of the molecule is COc1ccc2c(c1)C(C)(C)[C@H]1CCCN(CC(OC)OC)[C@@H]1C2.Cl. The van der Waals surface area contributed by atoms with Crippen LogP contribution in [0.3, 0.4) is 0 Å². The van der Waals surface area contributed by atoms with Gasteiger partial charge in [0.1, 0.15) is 5.75 Å². The average Bonchev–Trinajstić information content (AvgIpc) is 2.60. The lowest BCUT2D eigenvalue weighted by Crippen LogP contribution is -2.56. The molecule has 0 N–H and O–H groups in total. The molecule has 1 heterocycles. The van der Waals surface area contributed by atoms with Crippen LogP contribution in [0.25, 0.3) is 0 Å². The number of nitrogens with zero attached hydrogens (tertiary/aromatic N) is 1. The van der Waals surface area contributed by atoms with E-state index < -0.39 is 0 Å². The van der Waals surface area contributed by atoms with Gasteiger partial charge in [-0.1, -0.05) is 19.9 Å². The molecule has 2 atom stereocenters. The minimum absolute atomic E-state index is 0. The number of halogens is 1. The molecule has 1 aromatic rings. The first-order chi connectivity index (χ1) is 11.5. The van der Waals surface area contributed by atoms with Crippen LogP contribution in [-0.4, -0.2) is 51.7 Å². The van der Waals surface area contributed by atoms with E-state index in [0.717, 1.165) is 25.3 Å². The lowest BCUT2D eigenvalue weighted by atomic mass is 9.60. The molecule has 0 radical (unpaired) electrons. The van der Waals surface area contributed by atoms with Crippen molar-refractivity contribution in [3.05, 3.63) is 29.3 Å². The molecular weight excluding hydrogens is 338 g/mol. The molecule has 1 aromatic carbocycles. The van der Waals surface area contributed by atoms with Gasteiger partial charge >= 0.3 is 0 Å². The Hall–Kier alpha value is -0.810. The van der Waals surface area contributed by atoms with Crippen molar-refractivity contribution in [1.29, 1.82) is 0 Å². The topological polar surface area (TPSA) is 30.9 Å². The van der Waals surface area contributed by atoms with Crippen LogP contribution >= 0.6 is 12.4 Å². The fraction of sp³-hybridized carbons (Fsp3) is 0.700. The molecule has 0 aromatic heterocycles. The van der Waals surface area contributed by atoms with Gasteiger partial charge in [0.2, 0.25) is 0 Å². The van der Waals surface area contributed by atoms with Gasteiger partial charge in [-0.25, -0.2) is 0 Å². The van der Waals surface area contributed by atoms with E-state index in [2.05, 4.69) is 36.9 Å². The van der Waals surface area contributed by atoms with E-state index in [4.69, 9.17) is 14.2 Å². The van der Waals surface area contributed by atoms with E-state index in [-0.39, 0.29) is 24.1 Å². The molecule has 0 unspecified atom stereocenters. The zero-order valence-electron chi connectivity index (χ0n) is 16.1. The second kappa shape index (κ2) is 8.26. The molecule has 1 aliphatic heterocycles. The van der Waals surface area contributed by atoms with Crippen molar-refractivity contribution in [3.63, 3.8) is 0 Å². The fourth-order valence-corrected chi connectivity index (χ4v) is 4.79. The van der Waals surface area contributed by atoms with Crippen LogP contribution in [-0.2, 0) is 21.3 Å². The van der Waals surface area contributed by atoms with E-state index >= 15 is 0 Å². The molecule has 1 aliphatic carbocycles. The average molecular weight is 370 g/mol. The number of hydrogen-bond acceptors (Lipinski definition) is 4. The molecule has 3 rings (SSSR count). The lowest BCUT2D eigenvalue weighted by molar-refractivity contribution is -0.129. The smallest absolute Gasteiger partial charge is 0.169 e. The second-order valence-corrected chi connectivity index (χ2v) is 7.66. The third kappa shape index (κ3) is 3.82. The van der Waals surface area contributed by atoms with Crippen LogP contribution in [0.5, 0.6) is 5.75 Å². The summed E-state index contributed by atoms with van der Waals surface area (Å²) in [6, 6.07) is 7.15. The zero-order valence-corrected chi connectivity index (χ0v) is 16.9. The molecule has 0 bridgehead atoms. The summed E-state index contributed by atoms with van der Waals surface area (Å²) in [7, 11) is 5.20. The molecular formula is C20H32ClNO3. The normalized spacial score (nSPS) is 25.0. The van der Waals surface area contributed by atoms with E-state index in [1.165, 1.54) is 24.0 Å². The van der Waals surface area contributed by atoms with Crippen LogP contribution in [0.1, 0.15) is 37.8 Å². The highest BCUT2D eigenvalue weighted by atomic mass is 35.5. The molecule has 25 heavy (non-hydrogen) atoms. The number of likely N-dealkylation sites (tertiary alicyclic amines) is 1. The summed E-state index contributed by atoms with van der Waals surface area (Å²) in [5.41, 5.74) is 3.07. The summed E-state index contributed by atoms with van der Waals surface area (Å²) in [4.78, 5) is 2.58. The molecule has 5 heteroatoms. The van der Waals surface area contributed by atoms with Gasteiger partial charge in [-0.3, -0.25) is 4.90 Å². The summed E-state index contributed by atoms with van der Waals surface area (Å²) in [5, 5.41) is 0. The van der Waals surface area contributed by atoms with Gasteiger partial charge in [0.05, 0.1) is 7.11 Å². The Morgan fingerprint density at radius 3 is 2.56 bits per heavy atom. The van der Waals surface area contributed by atoms with E-state index in [9.17, 15) is 0 Å². The van der Waals surface area contributed by atoms with E-state index in [1.54, 1.807) is 21.3 Å². The predicted molar refractivity (Wildman–Crippen MR) is 103 cm³/mol. The molecule has 4 nitrogen and oxygen atoms in total. The maximum absolute atomic E-state index is 5.47. The number of rotatable bonds is 5. The highest BCUT2D eigenvalue weighted by Crippen LogP contribution is 2.47. The van der Waals surface area contributed by atoms with Gasteiger partial charge < -0.3 is 14.2 Å². The van der Waals surface area contributed by atoms with E-state index in [0.29, 0.717) is 12.0 Å². The van der Waals surface area contributed by atoms with Crippen LogP contribution in [0.15, 0.2) is 18.2 Å². The number of methoxy groups -OCH3 is 3. The van der Waals surface area contributed by atoms with Gasteiger partial charge in [-0.15, -0.1) is 12.4 Å². The molecule has 142 valence electrons. The fourth-order valence-electron chi connectivity index (χ4n) is 4.79. The number of piperidine rings is 1. The monoisotopic (exact) mass is 369 g/mol. The summed E-state index contributed by atoms with van der Waals surface area (Å²) in [6.45, 7) is 6.77. The van der Waals surface area contributed by atoms with Crippen molar-refractivity contribution in [1.82, 2.24) is 4.90 Å². The number of ether oxygens (including phenoxy) is 3. The number of benzene rings is 1. The predicted octanol–water partition coefficient (Wildman–Crippen LogP) is 3.65. The number of fused-ring (bicyclic) bond motifs is 2. The molecule has 0 spiro atoms. The van der Waals surface area contributed by atoms with E-state index in [1.807, 2.05) is 0 Å². The summed E-state index contributed by atoms with van der Waals surface area (Å²) < 4.78 is 16.4. The van der Waals surface area contributed by atoms with Crippen molar-refractivity contribution in [3.8, 4) is 5.75 Å². The Balaban J connectivity index is 0.00000225. The van der Waals surface area contributed by atoms with Crippen LogP contribution in [0.4, 0.5) is 0 Å². The maximum Gasteiger partial charge on any atom is 0.169 e. The highest BCUT2D eigenvalue weighted by Gasteiger charge is 2.46. The minimum Gasteiger partial charge on any atom is -0.497 e. The van der Waals surface area contributed by atoms with Crippen LogP contribution in [0, 0.1) is 5.92 Å². The Morgan fingerprint density at radius 1 is 1.20 bits per heavy atom. The van der Waals surface area contributed by atoms with Gasteiger partial charge in [-0.2, -0.15) is 0 Å². The minimum atomic E-state index is -0.149. The molecule has 1 saturated heterocycles. The standard InChI is InChI=1S/C20H31NO3.ClH/c1-20(2)16-7-6-10-21(13-19(23-4)24-5)18(16)11-14-8-9-15(22-3)12-17(14)20;/h8-9,12,16,18-19H,6-7,10-11,13H2,1-5H3;1H/t16-,18+;/m0./s1. The lowest BCUT2D eigenvalue weighted by Gasteiger charge is -2.52. The third-order valence-electron chi connectivity index (χ3n) is 6.17. The molecule has 0 saturated carbocycles. The summed E-state index contributed by atoms with van der Waals surface area (Å²) in [5.74, 6) is 1.62. The summed E-state index contributed by atoms with van der Waals surface area (Å²) >= 11 is 0. The number of hydrogen-bond donors (Lipinski definition) is 0. The largest absolute Gasteiger partial charge is 0.497 e. The van der Waals surface area contributed by atoms with Crippen molar-refractivity contribution >= 4 is 12.4 Å². The van der Waals surface area contributed by atoms with Crippen LogP contribution in [0.2, 0.25) is 0 Å². The first kappa shape index (κ1) is 20.5. The third-order valence-corrected chi connectivity index (χ3v) is 6.17. The Morgan fingerprint density at radius 2 is 1.92 bits per heavy atom. The maximum atomic E-state index is 5.47. The molecule has 1 fully saturated rings. The molecule has 2 aliphatic rings. The first-order valence-corrected chi connectivity index (χ1v) is 8.98. The second-order valence-electron chi connectivity index (χ2n) is 7.66. The van der Waals surface area contributed by atoms with Crippen molar-refractivity contribution in [2.75, 3.05) is 34.4 Å². The summed E-state index contributed by atoms with van der Waals surface area (Å²) in [6.07, 6.45) is 3.48. The Labute approximate surface area is 158 Å². The van der Waals surface area contributed by atoms with Gasteiger partial charge in [0.15, 0.2) is 6.29 Å². The van der Waals surface area contributed by atoms with Crippen LogP contribution < -0.4 is 4.74 Å².